The van der Waals surface area contributed by atoms with Gasteiger partial charge in [0.1, 0.15) is 0 Å². The quantitative estimate of drug-likeness (QED) is 0.911. The topological polar surface area (TPSA) is 42.2 Å². The molecule has 0 unspecified atom stereocenters. The zero-order chi connectivity index (χ0) is 13.0. The highest BCUT2D eigenvalue weighted by atomic mass is 79.9. The molecule has 0 radical (unpaired) electrons. The van der Waals surface area contributed by atoms with E-state index in [2.05, 4.69) is 27.5 Å². The summed E-state index contributed by atoms with van der Waals surface area (Å²) in [7, 11) is 0. The molecule has 1 aromatic heterocycles. The largest absolute Gasteiger partial charge is 0.457 e. The predicted molar refractivity (Wildman–Crippen MR) is 78.1 cm³/mol. The van der Waals surface area contributed by atoms with Crippen LogP contribution >= 0.6 is 27.7 Å². The lowest BCUT2D eigenvalue weighted by molar-refractivity contribution is 0.0945. The Hall–Kier alpha value is -0.420. The van der Waals surface area contributed by atoms with Gasteiger partial charge in [-0.3, -0.25) is 4.79 Å². The maximum Gasteiger partial charge on any atom is 0.255 e. The Morgan fingerprint density at radius 1 is 1.50 bits per heavy atom. The second kappa shape index (κ2) is 6.15. The van der Waals surface area contributed by atoms with Gasteiger partial charge in [-0.25, -0.2) is 0 Å². The molecular weight excluding hydrogens is 314 g/mol. The number of carbonyl (C=O) groups excluding carboxylic acids is 1. The van der Waals surface area contributed by atoms with Crippen molar-refractivity contribution in [3.8, 4) is 0 Å². The first-order valence-electron chi connectivity index (χ1n) is 6.23. The number of hydrogen-bond acceptors (Lipinski definition) is 3. The summed E-state index contributed by atoms with van der Waals surface area (Å²) in [4.78, 5) is 12.0. The van der Waals surface area contributed by atoms with Crippen molar-refractivity contribution in [1.29, 1.82) is 0 Å². The number of halogens is 1. The number of rotatable bonds is 4. The third-order valence-corrected chi connectivity index (χ3v) is 5.66. The third-order valence-electron chi connectivity index (χ3n) is 3.63. The van der Waals surface area contributed by atoms with E-state index in [0.29, 0.717) is 10.2 Å². The van der Waals surface area contributed by atoms with Crippen LogP contribution in [0.3, 0.4) is 0 Å². The van der Waals surface area contributed by atoms with E-state index in [4.69, 9.17) is 4.42 Å². The van der Waals surface area contributed by atoms with Gasteiger partial charge in [0, 0.05) is 11.3 Å². The molecule has 5 heteroatoms. The molecule has 18 heavy (non-hydrogen) atoms. The summed E-state index contributed by atoms with van der Waals surface area (Å²) in [6.45, 7) is 0.741. The van der Waals surface area contributed by atoms with Crippen LogP contribution in [0.15, 0.2) is 21.4 Å². The lowest BCUT2D eigenvalue weighted by Gasteiger charge is -2.35. The zero-order valence-electron chi connectivity index (χ0n) is 10.5. The maximum atomic E-state index is 12.0. The summed E-state index contributed by atoms with van der Waals surface area (Å²) in [5, 5.41) is 3.04. The van der Waals surface area contributed by atoms with Gasteiger partial charge in [0.15, 0.2) is 4.67 Å². The Balaban J connectivity index is 1.94. The van der Waals surface area contributed by atoms with E-state index in [0.717, 1.165) is 6.54 Å². The second-order valence-corrected chi connectivity index (χ2v) is 6.73. The van der Waals surface area contributed by atoms with Crippen molar-refractivity contribution in [3.05, 3.63) is 22.6 Å². The van der Waals surface area contributed by atoms with Crippen molar-refractivity contribution in [2.75, 3.05) is 12.8 Å². The Bertz CT molecular complexity index is 413. The van der Waals surface area contributed by atoms with Gasteiger partial charge < -0.3 is 9.73 Å². The first-order chi connectivity index (χ1) is 8.67. The van der Waals surface area contributed by atoms with Crippen molar-refractivity contribution >= 4 is 33.6 Å². The molecule has 0 spiro atoms. The molecule has 1 heterocycles. The van der Waals surface area contributed by atoms with Crippen molar-refractivity contribution in [2.45, 2.75) is 36.9 Å². The average molecular weight is 332 g/mol. The Labute approximate surface area is 120 Å². The predicted octanol–water partition coefficient (Wildman–Crippen LogP) is 3.84. The lowest BCUT2D eigenvalue weighted by Crippen LogP contribution is -2.41. The first-order valence-corrected chi connectivity index (χ1v) is 8.25. The Kier molecular flexibility index (Phi) is 4.78. The molecule has 100 valence electrons. The Morgan fingerprint density at radius 2 is 2.22 bits per heavy atom. The van der Waals surface area contributed by atoms with Crippen LogP contribution in [0, 0.1) is 0 Å². The van der Waals surface area contributed by atoms with Crippen molar-refractivity contribution < 1.29 is 9.21 Å². The van der Waals surface area contributed by atoms with E-state index < -0.39 is 0 Å². The van der Waals surface area contributed by atoms with E-state index >= 15 is 0 Å². The standard InChI is InChI=1S/C13H18BrNO2S/c1-18-13(6-3-2-4-7-13)9-15-12(16)10-5-8-17-11(10)14/h5,8H,2-4,6-7,9H2,1H3,(H,15,16). The molecule has 1 saturated carbocycles. The first kappa shape index (κ1) is 14.0. The highest BCUT2D eigenvalue weighted by molar-refractivity contribution is 9.10. The van der Waals surface area contributed by atoms with Gasteiger partial charge in [-0.05, 0) is 41.1 Å². The number of amides is 1. The van der Waals surface area contributed by atoms with Crippen molar-refractivity contribution in [1.82, 2.24) is 5.32 Å². The van der Waals surface area contributed by atoms with Crippen LogP contribution < -0.4 is 5.32 Å². The molecule has 2 rings (SSSR count). The van der Waals surface area contributed by atoms with Crippen LogP contribution in [0.4, 0.5) is 0 Å². The fourth-order valence-electron chi connectivity index (χ4n) is 2.44. The summed E-state index contributed by atoms with van der Waals surface area (Å²) in [6, 6.07) is 1.69. The maximum absolute atomic E-state index is 12.0. The average Bonchev–Trinajstić information content (AvgIpc) is 2.83. The van der Waals surface area contributed by atoms with E-state index in [1.54, 1.807) is 6.07 Å². The van der Waals surface area contributed by atoms with Crippen molar-refractivity contribution in [3.63, 3.8) is 0 Å². The van der Waals surface area contributed by atoms with Crippen molar-refractivity contribution in [2.24, 2.45) is 0 Å². The summed E-state index contributed by atoms with van der Waals surface area (Å²) < 4.78 is 5.81. The molecule has 0 bridgehead atoms. The number of furan rings is 1. The van der Waals surface area contributed by atoms with Gasteiger partial charge in [-0.1, -0.05) is 19.3 Å². The van der Waals surface area contributed by atoms with Crippen LogP contribution in [0.2, 0.25) is 0 Å². The number of thioether (sulfide) groups is 1. The molecule has 1 aromatic rings. The zero-order valence-corrected chi connectivity index (χ0v) is 12.9. The van der Waals surface area contributed by atoms with Gasteiger partial charge in [-0.15, -0.1) is 0 Å². The molecule has 1 aliphatic carbocycles. The highest BCUT2D eigenvalue weighted by Gasteiger charge is 2.31. The number of carbonyl (C=O) groups is 1. The molecule has 0 saturated heterocycles. The summed E-state index contributed by atoms with van der Waals surface area (Å²) in [5.41, 5.74) is 0.571. The lowest BCUT2D eigenvalue weighted by atomic mass is 9.88. The van der Waals surface area contributed by atoms with Gasteiger partial charge in [0.2, 0.25) is 0 Å². The summed E-state index contributed by atoms with van der Waals surface area (Å²) in [5.74, 6) is -0.0605. The van der Waals surface area contributed by atoms with Crippen LogP contribution in [0.1, 0.15) is 42.5 Å². The van der Waals surface area contributed by atoms with Crippen LogP contribution in [0.5, 0.6) is 0 Å². The smallest absolute Gasteiger partial charge is 0.255 e. The second-order valence-electron chi connectivity index (χ2n) is 4.74. The van der Waals surface area contributed by atoms with Gasteiger partial charge in [0.25, 0.3) is 5.91 Å². The van der Waals surface area contributed by atoms with Gasteiger partial charge in [0.05, 0.1) is 11.8 Å². The molecule has 0 atom stereocenters. The Morgan fingerprint density at radius 3 is 2.78 bits per heavy atom. The minimum atomic E-state index is -0.0605. The molecule has 0 aromatic carbocycles. The molecule has 1 aliphatic rings. The summed E-state index contributed by atoms with van der Waals surface area (Å²) in [6.07, 6.45) is 9.92. The van der Waals surface area contributed by atoms with Gasteiger partial charge >= 0.3 is 0 Å². The molecule has 3 nitrogen and oxygen atoms in total. The number of hydrogen-bond donors (Lipinski definition) is 1. The molecular formula is C13H18BrNO2S. The fourth-order valence-corrected chi connectivity index (χ4v) is 3.78. The molecule has 0 aliphatic heterocycles. The SMILES string of the molecule is CSC1(CNC(=O)c2ccoc2Br)CCCCC1. The normalized spacial score (nSPS) is 18.6. The number of nitrogens with one attached hydrogen (secondary N) is 1. The van der Waals surface area contributed by atoms with E-state index in [1.807, 2.05) is 11.8 Å². The monoisotopic (exact) mass is 331 g/mol. The molecule has 1 N–H and O–H groups in total. The summed E-state index contributed by atoms with van der Waals surface area (Å²) >= 11 is 5.12. The minimum Gasteiger partial charge on any atom is -0.457 e. The minimum absolute atomic E-state index is 0.0605. The molecule has 1 fully saturated rings. The van der Waals surface area contributed by atoms with E-state index in [-0.39, 0.29) is 10.7 Å². The van der Waals surface area contributed by atoms with E-state index in [1.165, 1.54) is 38.4 Å². The third kappa shape index (κ3) is 3.12. The van der Waals surface area contributed by atoms with Crippen LogP contribution in [-0.2, 0) is 0 Å². The molecule has 1 amide bonds. The fraction of sp³-hybridized carbons (Fsp3) is 0.615. The van der Waals surface area contributed by atoms with Crippen LogP contribution in [-0.4, -0.2) is 23.5 Å². The van der Waals surface area contributed by atoms with E-state index in [9.17, 15) is 4.79 Å². The highest BCUT2D eigenvalue weighted by Crippen LogP contribution is 2.38. The van der Waals surface area contributed by atoms with Crippen LogP contribution in [0.25, 0.3) is 0 Å². The van der Waals surface area contributed by atoms with Gasteiger partial charge in [-0.2, -0.15) is 11.8 Å².